The smallest absolute Gasteiger partial charge is 0.306 e. The van der Waals surface area contributed by atoms with Gasteiger partial charge in [-0.1, -0.05) is 266 Å². The Balaban J connectivity index is 4.27. The van der Waals surface area contributed by atoms with Gasteiger partial charge in [-0.05, 0) is 109 Å². The molecule has 0 aromatic carbocycles. The SMILES string of the molecule is CC/C=C\C/C=C\C/C=C\C/C=C\CCCCCCCCCCCCCCCCC(=O)OCC(COC(=O)CCCCCCC/C=C\C/C=C\CCCC)OC(=O)CCCCCCC/C=C\CCCCCCCC. The maximum absolute atomic E-state index is 12.9. The van der Waals surface area contributed by atoms with Crippen LogP contribution in [0.5, 0.6) is 0 Å². The zero-order chi connectivity index (χ0) is 53.6. The zero-order valence-corrected chi connectivity index (χ0v) is 48.8. The fraction of sp³-hybridized carbons (Fsp3) is 0.750. The monoisotopic (exact) mass is 1030 g/mol. The summed E-state index contributed by atoms with van der Waals surface area (Å²) in [4.78, 5) is 38.3. The van der Waals surface area contributed by atoms with E-state index in [1.54, 1.807) is 0 Å². The molecule has 0 heterocycles. The fourth-order valence-electron chi connectivity index (χ4n) is 8.86. The summed E-state index contributed by atoms with van der Waals surface area (Å²) in [6.45, 7) is 6.49. The molecule has 0 saturated heterocycles. The van der Waals surface area contributed by atoms with Crippen LogP contribution in [0.3, 0.4) is 0 Å². The third-order valence-electron chi connectivity index (χ3n) is 13.6. The van der Waals surface area contributed by atoms with Crippen LogP contribution in [0.15, 0.2) is 85.1 Å². The topological polar surface area (TPSA) is 78.9 Å². The highest BCUT2D eigenvalue weighted by atomic mass is 16.6. The first-order valence-corrected chi connectivity index (χ1v) is 31.6. The molecule has 0 spiro atoms. The summed E-state index contributed by atoms with van der Waals surface area (Å²) in [5.41, 5.74) is 0. The summed E-state index contributed by atoms with van der Waals surface area (Å²) in [6.07, 6.45) is 81.6. The Morgan fingerprint density at radius 2 is 0.541 bits per heavy atom. The number of unbranched alkanes of at least 4 members (excludes halogenated alkanes) is 32. The maximum Gasteiger partial charge on any atom is 0.306 e. The average Bonchev–Trinajstić information content (AvgIpc) is 3.40. The predicted octanol–water partition coefficient (Wildman–Crippen LogP) is 21.5. The molecule has 0 aliphatic carbocycles. The van der Waals surface area contributed by atoms with E-state index >= 15 is 0 Å². The number of carbonyl (C=O) groups is 3. The van der Waals surface area contributed by atoms with Gasteiger partial charge in [0.05, 0.1) is 0 Å². The van der Waals surface area contributed by atoms with Crippen molar-refractivity contribution in [2.45, 2.75) is 316 Å². The normalized spacial score (nSPS) is 12.6. The first kappa shape index (κ1) is 70.6. The molecule has 74 heavy (non-hydrogen) atoms. The second kappa shape index (κ2) is 62.1. The minimum absolute atomic E-state index is 0.0828. The molecule has 426 valence electrons. The standard InChI is InChI=1S/C68H118O6/c1-4-7-10-13-16-19-22-25-28-29-30-31-32-33-34-35-36-37-38-39-41-43-46-49-52-55-58-61-67(70)73-64-65(63-72-66(69)60-57-54-51-48-45-42-27-24-21-18-15-12-9-6-3)74-68(71)62-59-56-53-50-47-44-40-26-23-20-17-14-11-8-5-2/h7,10,15-16,18-19,24-28,30-31,40,65H,4-6,8-9,11-14,17,20-23,29,32-39,41-64H2,1-3H3/b10-7-,18-15-,19-16-,27-24-,28-25-,31-30-,40-26-. The highest BCUT2D eigenvalue weighted by molar-refractivity contribution is 5.71. The van der Waals surface area contributed by atoms with Crippen LogP contribution >= 0.6 is 0 Å². The highest BCUT2D eigenvalue weighted by Crippen LogP contribution is 2.16. The lowest BCUT2D eigenvalue weighted by Gasteiger charge is -2.18. The van der Waals surface area contributed by atoms with Gasteiger partial charge in [0.25, 0.3) is 0 Å². The first-order valence-electron chi connectivity index (χ1n) is 31.6. The summed E-state index contributed by atoms with van der Waals surface area (Å²) in [7, 11) is 0. The number of rotatable bonds is 57. The second-order valence-electron chi connectivity index (χ2n) is 20.9. The van der Waals surface area contributed by atoms with Crippen LogP contribution in [0.25, 0.3) is 0 Å². The first-order chi connectivity index (χ1) is 36.5. The van der Waals surface area contributed by atoms with Crippen molar-refractivity contribution in [2.75, 3.05) is 13.2 Å². The Kier molecular flexibility index (Phi) is 59.3. The molecule has 6 nitrogen and oxygen atoms in total. The molecule has 0 aliphatic heterocycles. The summed E-state index contributed by atoms with van der Waals surface area (Å²) in [5.74, 6) is -0.895. The van der Waals surface area contributed by atoms with Gasteiger partial charge in [-0.2, -0.15) is 0 Å². The van der Waals surface area contributed by atoms with E-state index in [9.17, 15) is 14.4 Å². The second-order valence-corrected chi connectivity index (χ2v) is 20.9. The number of carbonyl (C=O) groups excluding carboxylic acids is 3. The molecular weight excluding hydrogens is 913 g/mol. The van der Waals surface area contributed by atoms with Crippen molar-refractivity contribution in [1.82, 2.24) is 0 Å². The highest BCUT2D eigenvalue weighted by Gasteiger charge is 2.19. The molecule has 0 bridgehead atoms. The van der Waals surface area contributed by atoms with Crippen molar-refractivity contribution in [3.63, 3.8) is 0 Å². The summed E-state index contributed by atoms with van der Waals surface area (Å²) in [5, 5.41) is 0. The lowest BCUT2D eigenvalue weighted by molar-refractivity contribution is -0.167. The van der Waals surface area contributed by atoms with Gasteiger partial charge < -0.3 is 14.2 Å². The lowest BCUT2D eigenvalue weighted by atomic mass is 10.0. The fourth-order valence-corrected chi connectivity index (χ4v) is 8.86. The van der Waals surface area contributed by atoms with E-state index in [-0.39, 0.29) is 31.1 Å². The van der Waals surface area contributed by atoms with E-state index in [2.05, 4.69) is 106 Å². The van der Waals surface area contributed by atoms with Crippen molar-refractivity contribution in [3.8, 4) is 0 Å². The molecule has 0 N–H and O–H groups in total. The molecule has 0 aliphatic rings. The molecule has 6 heteroatoms. The largest absolute Gasteiger partial charge is 0.462 e. The summed E-state index contributed by atoms with van der Waals surface area (Å²) in [6, 6.07) is 0. The number of allylic oxidation sites excluding steroid dienone is 14. The van der Waals surface area contributed by atoms with Crippen LogP contribution in [-0.2, 0) is 28.6 Å². The van der Waals surface area contributed by atoms with Crippen LogP contribution in [0.2, 0.25) is 0 Å². The van der Waals surface area contributed by atoms with Gasteiger partial charge in [0.1, 0.15) is 13.2 Å². The van der Waals surface area contributed by atoms with E-state index in [0.717, 1.165) is 116 Å². The molecule has 0 rings (SSSR count). The van der Waals surface area contributed by atoms with Gasteiger partial charge in [0.15, 0.2) is 6.10 Å². The van der Waals surface area contributed by atoms with Crippen LogP contribution in [0.4, 0.5) is 0 Å². The van der Waals surface area contributed by atoms with Gasteiger partial charge in [-0.25, -0.2) is 0 Å². The molecule has 0 amide bonds. The van der Waals surface area contributed by atoms with Crippen molar-refractivity contribution >= 4 is 17.9 Å². The third-order valence-corrected chi connectivity index (χ3v) is 13.6. The van der Waals surface area contributed by atoms with E-state index in [0.29, 0.717) is 19.3 Å². The average molecular weight is 1030 g/mol. The van der Waals surface area contributed by atoms with Crippen LogP contribution in [-0.4, -0.2) is 37.2 Å². The van der Waals surface area contributed by atoms with Crippen molar-refractivity contribution < 1.29 is 28.6 Å². The zero-order valence-electron chi connectivity index (χ0n) is 48.8. The number of ether oxygens (including phenoxy) is 3. The predicted molar refractivity (Wildman–Crippen MR) is 321 cm³/mol. The Morgan fingerprint density at radius 3 is 0.878 bits per heavy atom. The van der Waals surface area contributed by atoms with Gasteiger partial charge in [-0.15, -0.1) is 0 Å². The molecule has 0 radical (unpaired) electrons. The molecule has 0 aromatic rings. The minimum Gasteiger partial charge on any atom is -0.462 e. The van der Waals surface area contributed by atoms with Gasteiger partial charge in [-0.3, -0.25) is 14.4 Å². The molecule has 1 atom stereocenters. The van der Waals surface area contributed by atoms with Crippen LogP contribution < -0.4 is 0 Å². The Bertz CT molecular complexity index is 1420. The molecule has 0 saturated carbocycles. The Morgan fingerprint density at radius 1 is 0.284 bits per heavy atom. The lowest BCUT2D eigenvalue weighted by Crippen LogP contribution is -2.30. The van der Waals surface area contributed by atoms with E-state index in [1.165, 1.54) is 154 Å². The van der Waals surface area contributed by atoms with Crippen LogP contribution in [0, 0.1) is 0 Å². The number of esters is 3. The molecule has 0 fully saturated rings. The summed E-state index contributed by atoms with van der Waals surface area (Å²) < 4.78 is 16.9. The van der Waals surface area contributed by atoms with Gasteiger partial charge in [0.2, 0.25) is 0 Å². The minimum atomic E-state index is -0.787. The van der Waals surface area contributed by atoms with E-state index in [4.69, 9.17) is 14.2 Å². The van der Waals surface area contributed by atoms with Crippen molar-refractivity contribution in [3.05, 3.63) is 85.1 Å². The van der Waals surface area contributed by atoms with Crippen molar-refractivity contribution in [2.24, 2.45) is 0 Å². The molecule has 1 unspecified atom stereocenters. The Labute approximate surface area is 458 Å². The maximum atomic E-state index is 12.9. The third kappa shape index (κ3) is 59.5. The van der Waals surface area contributed by atoms with E-state index in [1.807, 2.05) is 0 Å². The quantitative estimate of drug-likeness (QED) is 0.0261. The summed E-state index contributed by atoms with van der Waals surface area (Å²) >= 11 is 0. The number of hydrogen-bond acceptors (Lipinski definition) is 6. The van der Waals surface area contributed by atoms with Crippen molar-refractivity contribution in [1.29, 1.82) is 0 Å². The number of hydrogen-bond donors (Lipinski definition) is 0. The Hall–Kier alpha value is -3.41. The van der Waals surface area contributed by atoms with Gasteiger partial charge in [0, 0.05) is 19.3 Å². The van der Waals surface area contributed by atoms with Crippen LogP contribution in [0.1, 0.15) is 310 Å². The van der Waals surface area contributed by atoms with Gasteiger partial charge >= 0.3 is 17.9 Å². The molecule has 0 aromatic heterocycles. The van der Waals surface area contributed by atoms with E-state index < -0.39 is 6.10 Å². The molecular formula is C68H118O6.